The number of hydrogen-bond acceptors (Lipinski definition) is 2. The third-order valence-corrected chi connectivity index (χ3v) is 0.644. The lowest BCUT2D eigenvalue weighted by molar-refractivity contribution is 0.158. The van der Waals surface area contributed by atoms with Crippen LogP contribution in [-0.2, 0) is 4.84 Å². The summed E-state index contributed by atoms with van der Waals surface area (Å²) in [6.07, 6.45) is 1.80. The van der Waals surface area contributed by atoms with E-state index in [1.54, 1.807) is 6.21 Å². The van der Waals surface area contributed by atoms with Crippen molar-refractivity contribution < 1.29 is 4.84 Å². The molecule has 0 atom stereocenters. The zero-order valence-electron chi connectivity index (χ0n) is 6.64. The van der Waals surface area contributed by atoms with E-state index in [1.807, 2.05) is 6.92 Å². The van der Waals surface area contributed by atoms with Crippen LogP contribution in [0, 0.1) is 5.41 Å². The Morgan fingerprint density at radius 2 is 2.00 bits per heavy atom. The summed E-state index contributed by atoms with van der Waals surface area (Å²) in [5.41, 5.74) is 0.134. The second-order valence-electron chi connectivity index (χ2n) is 3.02. The maximum absolute atomic E-state index is 4.78. The molecule has 0 radical (unpaired) electrons. The van der Waals surface area contributed by atoms with Crippen LogP contribution in [0.1, 0.15) is 27.7 Å². The first-order chi connectivity index (χ1) is 4.06. The first-order valence-corrected chi connectivity index (χ1v) is 3.23. The molecule has 0 fully saturated rings. The molecule has 0 aliphatic rings. The summed E-state index contributed by atoms with van der Waals surface area (Å²) in [6.45, 7) is 8.80. The summed E-state index contributed by atoms with van der Waals surface area (Å²) in [7, 11) is 0. The standard InChI is InChI=1S/C7H15NO/c1-5-9-8-6-7(2,3)4/h6H,5H2,1-4H3/b8-6+. The van der Waals surface area contributed by atoms with Crippen molar-refractivity contribution in [1.82, 2.24) is 0 Å². The van der Waals surface area contributed by atoms with Gasteiger partial charge >= 0.3 is 0 Å². The molecule has 2 heteroatoms. The molecule has 0 unspecified atom stereocenters. The fourth-order valence-corrected chi connectivity index (χ4v) is 0.270. The van der Waals surface area contributed by atoms with Crippen molar-refractivity contribution in [2.24, 2.45) is 10.6 Å². The molecule has 0 aliphatic carbocycles. The van der Waals surface area contributed by atoms with E-state index in [2.05, 4.69) is 25.9 Å². The fourth-order valence-electron chi connectivity index (χ4n) is 0.270. The molecule has 54 valence electrons. The second-order valence-corrected chi connectivity index (χ2v) is 3.02. The average molecular weight is 129 g/mol. The maximum Gasteiger partial charge on any atom is 0.114 e. The minimum Gasteiger partial charge on any atom is -0.396 e. The Balaban J connectivity index is 3.45. The van der Waals surface area contributed by atoms with E-state index < -0.39 is 0 Å². The first kappa shape index (κ1) is 8.47. The number of oxime groups is 1. The molecule has 0 bridgehead atoms. The predicted molar refractivity (Wildman–Crippen MR) is 39.6 cm³/mol. The van der Waals surface area contributed by atoms with Crippen molar-refractivity contribution in [1.29, 1.82) is 0 Å². The monoisotopic (exact) mass is 129 g/mol. The lowest BCUT2D eigenvalue weighted by atomic mass is 10.00. The van der Waals surface area contributed by atoms with Crippen molar-refractivity contribution in [3.05, 3.63) is 0 Å². The van der Waals surface area contributed by atoms with Gasteiger partial charge in [-0.2, -0.15) is 0 Å². The van der Waals surface area contributed by atoms with Crippen LogP contribution in [0.4, 0.5) is 0 Å². The highest BCUT2D eigenvalue weighted by atomic mass is 16.6. The van der Waals surface area contributed by atoms with Gasteiger partial charge in [-0.05, 0) is 6.92 Å². The molecule has 0 aromatic rings. The highest BCUT2D eigenvalue weighted by molar-refractivity contribution is 5.63. The molecule has 0 N–H and O–H groups in total. The van der Waals surface area contributed by atoms with Gasteiger partial charge in [0.05, 0.1) is 0 Å². The maximum atomic E-state index is 4.78. The minimum absolute atomic E-state index is 0.134. The van der Waals surface area contributed by atoms with Crippen molar-refractivity contribution >= 4 is 6.21 Å². The smallest absolute Gasteiger partial charge is 0.114 e. The molecule has 0 saturated heterocycles. The van der Waals surface area contributed by atoms with Crippen molar-refractivity contribution in [2.75, 3.05) is 6.61 Å². The molecule has 0 aromatic heterocycles. The Bertz CT molecular complexity index is 91.6. The van der Waals surface area contributed by atoms with Gasteiger partial charge in [0.1, 0.15) is 6.61 Å². The Kier molecular flexibility index (Phi) is 3.28. The van der Waals surface area contributed by atoms with Crippen LogP contribution in [-0.4, -0.2) is 12.8 Å². The van der Waals surface area contributed by atoms with E-state index in [0.29, 0.717) is 6.61 Å². The minimum atomic E-state index is 0.134. The SMILES string of the molecule is CCO/N=C/C(C)(C)C. The number of rotatable bonds is 2. The third kappa shape index (κ3) is 7.47. The summed E-state index contributed by atoms with van der Waals surface area (Å²) in [6, 6.07) is 0. The average Bonchev–Trinajstić information content (AvgIpc) is 1.63. The molecular weight excluding hydrogens is 114 g/mol. The highest BCUT2D eigenvalue weighted by Gasteiger charge is 2.04. The Morgan fingerprint density at radius 1 is 1.44 bits per heavy atom. The lowest BCUT2D eigenvalue weighted by Crippen LogP contribution is -2.06. The van der Waals surface area contributed by atoms with Gasteiger partial charge < -0.3 is 4.84 Å². The molecule has 0 heterocycles. The van der Waals surface area contributed by atoms with Gasteiger partial charge in [0, 0.05) is 11.6 Å². The van der Waals surface area contributed by atoms with Crippen molar-refractivity contribution in [3.63, 3.8) is 0 Å². The van der Waals surface area contributed by atoms with Crippen LogP contribution in [0.25, 0.3) is 0 Å². The molecule has 0 rings (SSSR count). The van der Waals surface area contributed by atoms with E-state index in [4.69, 9.17) is 4.84 Å². The van der Waals surface area contributed by atoms with E-state index >= 15 is 0 Å². The van der Waals surface area contributed by atoms with Crippen molar-refractivity contribution in [2.45, 2.75) is 27.7 Å². The molecule has 0 aliphatic heterocycles. The quantitative estimate of drug-likeness (QED) is 0.413. The molecular formula is C7H15NO. The molecule has 2 nitrogen and oxygen atoms in total. The Morgan fingerprint density at radius 3 is 2.33 bits per heavy atom. The summed E-state index contributed by atoms with van der Waals surface area (Å²) in [4.78, 5) is 4.78. The van der Waals surface area contributed by atoms with Crippen molar-refractivity contribution in [3.8, 4) is 0 Å². The lowest BCUT2D eigenvalue weighted by Gasteiger charge is -2.08. The molecule has 0 saturated carbocycles. The zero-order valence-corrected chi connectivity index (χ0v) is 6.64. The first-order valence-electron chi connectivity index (χ1n) is 3.23. The molecule has 0 amide bonds. The van der Waals surface area contributed by atoms with Gasteiger partial charge in [-0.15, -0.1) is 0 Å². The van der Waals surface area contributed by atoms with Crippen LogP contribution < -0.4 is 0 Å². The summed E-state index contributed by atoms with van der Waals surface area (Å²) < 4.78 is 0. The van der Waals surface area contributed by atoms with E-state index in [9.17, 15) is 0 Å². The Hall–Kier alpha value is -0.530. The Labute approximate surface area is 56.9 Å². The van der Waals surface area contributed by atoms with Gasteiger partial charge in [0.2, 0.25) is 0 Å². The summed E-state index contributed by atoms with van der Waals surface area (Å²) in [5.74, 6) is 0. The topological polar surface area (TPSA) is 21.6 Å². The van der Waals surface area contributed by atoms with Crippen LogP contribution in [0.15, 0.2) is 5.16 Å². The summed E-state index contributed by atoms with van der Waals surface area (Å²) in [5, 5.41) is 3.74. The summed E-state index contributed by atoms with van der Waals surface area (Å²) >= 11 is 0. The molecule has 0 aromatic carbocycles. The zero-order chi connectivity index (χ0) is 7.33. The second kappa shape index (κ2) is 3.49. The predicted octanol–water partition coefficient (Wildman–Crippen LogP) is 2.05. The number of nitrogens with zero attached hydrogens (tertiary/aromatic N) is 1. The van der Waals surface area contributed by atoms with Gasteiger partial charge in [-0.25, -0.2) is 0 Å². The van der Waals surface area contributed by atoms with Gasteiger partial charge in [-0.3, -0.25) is 0 Å². The van der Waals surface area contributed by atoms with Gasteiger partial charge in [-0.1, -0.05) is 25.9 Å². The van der Waals surface area contributed by atoms with E-state index in [1.165, 1.54) is 0 Å². The number of hydrogen-bond donors (Lipinski definition) is 0. The van der Waals surface area contributed by atoms with Gasteiger partial charge in [0.15, 0.2) is 0 Å². The van der Waals surface area contributed by atoms with E-state index in [-0.39, 0.29) is 5.41 Å². The normalized spacial score (nSPS) is 12.4. The molecule has 0 spiro atoms. The van der Waals surface area contributed by atoms with Crippen LogP contribution in [0.2, 0.25) is 0 Å². The van der Waals surface area contributed by atoms with Crippen LogP contribution >= 0.6 is 0 Å². The highest BCUT2D eigenvalue weighted by Crippen LogP contribution is 2.07. The van der Waals surface area contributed by atoms with Crippen LogP contribution in [0.5, 0.6) is 0 Å². The van der Waals surface area contributed by atoms with Gasteiger partial charge in [0.25, 0.3) is 0 Å². The third-order valence-electron chi connectivity index (χ3n) is 0.644. The molecule has 9 heavy (non-hydrogen) atoms. The van der Waals surface area contributed by atoms with Crippen LogP contribution in [0.3, 0.4) is 0 Å². The largest absolute Gasteiger partial charge is 0.396 e. The fraction of sp³-hybridized carbons (Fsp3) is 0.857. The van der Waals surface area contributed by atoms with E-state index in [0.717, 1.165) is 0 Å².